The maximum absolute atomic E-state index is 12.6. The molecule has 2 amide bonds. The van der Waals surface area contributed by atoms with Crippen molar-refractivity contribution in [3.63, 3.8) is 0 Å². The molecule has 2 aliphatic rings. The molecule has 7 nitrogen and oxygen atoms in total. The molecule has 7 heteroatoms. The van der Waals surface area contributed by atoms with E-state index < -0.39 is 0 Å². The fourth-order valence-electron chi connectivity index (χ4n) is 4.00. The fraction of sp³-hybridized carbons (Fsp3) is 0.389. The van der Waals surface area contributed by atoms with Crippen LogP contribution < -0.4 is 5.32 Å². The second-order valence-corrected chi connectivity index (χ2v) is 6.67. The first-order valence-electron chi connectivity index (χ1n) is 8.45. The first-order chi connectivity index (χ1) is 12.2. The third-order valence-electron chi connectivity index (χ3n) is 5.31. The van der Waals surface area contributed by atoms with E-state index in [4.69, 9.17) is 0 Å². The monoisotopic (exact) mass is 337 g/mol. The quantitative estimate of drug-likeness (QED) is 0.888. The lowest BCUT2D eigenvalue weighted by atomic mass is 9.74. The van der Waals surface area contributed by atoms with Gasteiger partial charge in [-0.3, -0.25) is 14.6 Å². The number of carbonyl (C=O) groups excluding carboxylic acids is 2. The summed E-state index contributed by atoms with van der Waals surface area (Å²) < 4.78 is 0. The van der Waals surface area contributed by atoms with Gasteiger partial charge in [-0.2, -0.15) is 10.2 Å². The highest BCUT2D eigenvalue weighted by Crippen LogP contribution is 2.43. The molecule has 2 saturated heterocycles. The zero-order valence-electron chi connectivity index (χ0n) is 13.8. The van der Waals surface area contributed by atoms with Gasteiger partial charge in [0.25, 0.3) is 5.91 Å². The lowest BCUT2D eigenvalue weighted by Gasteiger charge is -2.42. The van der Waals surface area contributed by atoms with Gasteiger partial charge in [0.15, 0.2) is 0 Å². The highest BCUT2D eigenvalue weighted by Gasteiger charge is 2.49. The van der Waals surface area contributed by atoms with Crippen LogP contribution in [0.2, 0.25) is 0 Å². The summed E-state index contributed by atoms with van der Waals surface area (Å²) in [5.74, 6) is 0.146. The lowest BCUT2D eigenvalue weighted by Crippen LogP contribution is -2.54. The second kappa shape index (κ2) is 6.23. The van der Waals surface area contributed by atoms with Crippen LogP contribution in [0.4, 0.5) is 0 Å². The Labute approximate surface area is 145 Å². The van der Waals surface area contributed by atoms with Crippen molar-refractivity contribution in [1.82, 2.24) is 25.4 Å². The third kappa shape index (κ3) is 2.86. The van der Waals surface area contributed by atoms with E-state index >= 15 is 0 Å². The second-order valence-electron chi connectivity index (χ2n) is 6.67. The molecule has 1 spiro atoms. The standard InChI is InChI=1S/C18H19N5O2/c24-16-10-15(13-2-1-6-19-11-13)18(22-16)4-8-23(9-5-18)17(25)14-3-7-20-21-12-14/h1-3,6-7,11-12,15H,4-5,8-10H2,(H,22,24)/t15-/m0/s1. The van der Waals surface area contributed by atoms with Crippen LogP contribution in [0.3, 0.4) is 0 Å². The minimum atomic E-state index is -0.284. The van der Waals surface area contributed by atoms with Gasteiger partial charge in [0.05, 0.1) is 23.5 Å². The Morgan fingerprint density at radius 3 is 2.68 bits per heavy atom. The summed E-state index contributed by atoms with van der Waals surface area (Å²) in [7, 11) is 0. The molecule has 2 aromatic heterocycles. The van der Waals surface area contributed by atoms with Crippen LogP contribution in [-0.4, -0.2) is 50.5 Å². The van der Waals surface area contributed by atoms with Gasteiger partial charge >= 0.3 is 0 Å². The Hall–Kier alpha value is -2.83. The van der Waals surface area contributed by atoms with E-state index in [9.17, 15) is 9.59 Å². The summed E-state index contributed by atoms with van der Waals surface area (Å²) in [6, 6.07) is 5.61. The van der Waals surface area contributed by atoms with Gasteiger partial charge in [0, 0.05) is 37.8 Å². The third-order valence-corrected chi connectivity index (χ3v) is 5.31. The average molecular weight is 337 g/mol. The zero-order chi connectivity index (χ0) is 17.3. The van der Waals surface area contributed by atoms with E-state index in [1.165, 1.54) is 12.4 Å². The SMILES string of the molecule is O=C1C[C@@H](c2cccnc2)C2(CCN(C(=O)c3ccnnc3)CC2)N1. The molecule has 0 saturated carbocycles. The molecule has 0 aromatic carbocycles. The van der Waals surface area contributed by atoms with Crippen molar-refractivity contribution in [2.24, 2.45) is 0 Å². The highest BCUT2D eigenvalue weighted by atomic mass is 16.2. The number of hydrogen-bond donors (Lipinski definition) is 1. The molecule has 2 aliphatic heterocycles. The van der Waals surface area contributed by atoms with Crippen molar-refractivity contribution in [3.8, 4) is 0 Å². The molecule has 4 rings (SSSR count). The van der Waals surface area contributed by atoms with Gasteiger partial charge in [-0.05, 0) is 30.5 Å². The van der Waals surface area contributed by atoms with Crippen molar-refractivity contribution in [1.29, 1.82) is 0 Å². The van der Waals surface area contributed by atoms with E-state index in [1.54, 1.807) is 12.3 Å². The Bertz CT molecular complexity index is 773. The van der Waals surface area contributed by atoms with Gasteiger partial charge in [-0.25, -0.2) is 0 Å². The topological polar surface area (TPSA) is 88.1 Å². The molecule has 128 valence electrons. The Morgan fingerprint density at radius 1 is 1.16 bits per heavy atom. The number of hydrogen-bond acceptors (Lipinski definition) is 5. The van der Waals surface area contributed by atoms with Gasteiger partial charge in [-0.15, -0.1) is 0 Å². The van der Waals surface area contributed by atoms with Crippen LogP contribution in [0.1, 0.15) is 41.1 Å². The van der Waals surface area contributed by atoms with Crippen LogP contribution in [-0.2, 0) is 4.79 Å². The maximum Gasteiger partial charge on any atom is 0.255 e. The van der Waals surface area contributed by atoms with Crippen molar-refractivity contribution >= 4 is 11.8 Å². The summed E-state index contributed by atoms with van der Waals surface area (Å²) >= 11 is 0. The van der Waals surface area contributed by atoms with E-state index in [0.29, 0.717) is 25.1 Å². The van der Waals surface area contributed by atoms with Gasteiger partial charge in [0.1, 0.15) is 0 Å². The van der Waals surface area contributed by atoms with Gasteiger partial charge in [0.2, 0.25) is 5.91 Å². The van der Waals surface area contributed by atoms with Crippen LogP contribution in [0.25, 0.3) is 0 Å². The smallest absolute Gasteiger partial charge is 0.255 e. The normalized spacial score (nSPS) is 22.0. The minimum Gasteiger partial charge on any atom is -0.350 e. The fourth-order valence-corrected chi connectivity index (χ4v) is 4.00. The average Bonchev–Trinajstić information content (AvgIpc) is 2.99. The molecule has 0 radical (unpaired) electrons. The molecule has 1 N–H and O–H groups in total. The zero-order valence-corrected chi connectivity index (χ0v) is 13.8. The number of amides is 2. The number of piperidine rings is 1. The molecule has 0 aliphatic carbocycles. The van der Waals surface area contributed by atoms with Crippen molar-refractivity contribution in [2.75, 3.05) is 13.1 Å². The number of carbonyl (C=O) groups is 2. The van der Waals surface area contributed by atoms with Gasteiger partial charge in [-0.1, -0.05) is 6.07 Å². The number of pyridine rings is 1. The summed E-state index contributed by atoms with van der Waals surface area (Å²) in [6.07, 6.45) is 8.55. The van der Waals surface area contributed by atoms with E-state index in [-0.39, 0.29) is 23.3 Å². The lowest BCUT2D eigenvalue weighted by molar-refractivity contribution is -0.120. The number of rotatable bonds is 2. The molecule has 1 atom stereocenters. The Kier molecular flexibility index (Phi) is 3.91. The largest absolute Gasteiger partial charge is 0.350 e. The Morgan fingerprint density at radius 2 is 2.00 bits per heavy atom. The van der Waals surface area contributed by atoms with Gasteiger partial charge < -0.3 is 10.2 Å². The van der Waals surface area contributed by atoms with Crippen molar-refractivity contribution in [3.05, 3.63) is 54.1 Å². The Balaban J connectivity index is 1.51. The number of nitrogens with one attached hydrogen (secondary N) is 1. The van der Waals surface area contributed by atoms with Crippen LogP contribution in [0.5, 0.6) is 0 Å². The molecular formula is C18H19N5O2. The molecule has 4 heterocycles. The number of aromatic nitrogens is 3. The van der Waals surface area contributed by atoms with Crippen molar-refractivity contribution < 1.29 is 9.59 Å². The molecule has 0 bridgehead atoms. The van der Waals surface area contributed by atoms with E-state index in [2.05, 4.69) is 20.5 Å². The summed E-state index contributed by atoms with van der Waals surface area (Å²) in [6.45, 7) is 1.22. The van der Waals surface area contributed by atoms with Crippen LogP contribution >= 0.6 is 0 Å². The molecule has 2 aromatic rings. The van der Waals surface area contributed by atoms with Crippen molar-refractivity contribution in [2.45, 2.75) is 30.7 Å². The predicted molar refractivity (Wildman–Crippen MR) is 89.6 cm³/mol. The first kappa shape index (κ1) is 15.7. The summed E-state index contributed by atoms with van der Waals surface area (Å²) in [5.41, 5.74) is 1.34. The summed E-state index contributed by atoms with van der Waals surface area (Å²) in [5, 5.41) is 10.7. The summed E-state index contributed by atoms with van der Waals surface area (Å²) in [4.78, 5) is 30.7. The van der Waals surface area contributed by atoms with E-state index in [1.807, 2.05) is 23.2 Å². The molecule has 2 fully saturated rings. The highest BCUT2D eigenvalue weighted by molar-refractivity contribution is 5.94. The van der Waals surface area contributed by atoms with Crippen LogP contribution in [0.15, 0.2) is 43.0 Å². The minimum absolute atomic E-state index is 0.0352. The predicted octanol–water partition coefficient (Wildman–Crippen LogP) is 1.15. The molecule has 0 unspecified atom stereocenters. The number of nitrogens with zero attached hydrogens (tertiary/aromatic N) is 4. The first-order valence-corrected chi connectivity index (χ1v) is 8.45. The number of likely N-dealkylation sites (tertiary alicyclic amines) is 1. The maximum atomic E-state index is 12.6. The van der Waals surface area contributed by atoms with Crippen LogP contribution in [0, 0.1) is 0 Å². The molecule has 25 heavy (non-hydrogen) atoms. The van der Waals surface area contributed by atoms with E-state index in [0.717, 1.165) is 18.4 Å². The molecular weight excluding hydrogens is 318 g/mol.